The molecule has 1 saturated heterocycles. The number of hydrazine groups is 1. The predicted molar refractivity (Wildman–Crippen MR) is 110 cm³/mol. The van der Waals surface area contributed by atoms with Crippen molar-refractivity contribution in [1.29, 1.82) is 0 Å². The first-order chi connectivity index (χ1) is 14.9. The van der Waals surface area contributed by atoms with Crippen molar-refractivity contribution >= 4 is 41.1 Å². The van der Waals surface area contributed by atoms with E-state index in [0.29, 0.717) is 16.9 Å². The highest BCUT2D eigenvalue weighted by molar-refractivity contribution is 6.33. The van der Waals surface area contributed by atoms with Gasteiger partial charge in [0.2, 0.25) is 0 Å². The topological polar surface area (TPSA) is 88.9 Å². The number of hydrogen-bond donors (Lipinski definition) is 1. The fourth-order valence-electron chi connectivity index (χ4n) is 2.98. The maximum atomic E-state index is 13.4. The zero-order valence-corrected chi connectivity index (χ0v) is 16.8. The number of methoxy groups -OCH3 is 1. The van der Waals surface area contributed by atoms with Crippen LogP contribution in [0.1, 0.15) is 16.1 Å². The molecule has 0 unspecified atom stereocenters. The zero-order chi connectivity index (χ0) is 22.1. The maximum Gasteiger partial charge on any atom is 0.337 e. The van der Waals surface area contributed by atoms with E-state index >= 15 is 0 Å². The number of furan rings is 1. The van der Waals surface area contributed by atoms with E-state index in [2.05, 4.69) is 10.2 Å². The summed E-state index contributed by atoms with van der Waals surface area (Å²) in [7, 11) is 1.30. The van der Waals surface area contributed by atoms with Crippen LogP contribution in [-0.2, 0) is 14.3 Å². The van der Waals surface area contributed by atoms with Crippen LogP contribution in [0.4, 0.5) is 10.1 Å². The van der Waals surface area contributed by atoms with Crippen LogP contribution in [0.3, 0.4) is 0 Å². The fraction of sp³-hybridized carbons (Fsp3) is 0.0455. The quantitative estimate of drug-likeness (QED) is 0.376. The standard InChI is InChI=1S/C22H14ClFN2O5/c1-30-22(29)13-4-2-12(3-5-13)19-9-7-15(31-19)11-16-20(27)25-26(21(16)28)14-6-8-18(24)17(23)10-14/h2-11H,1H3,(H,25,27)/b16-11+. The summed E-state index contributed by atoms with van der Waals surface area (Å²) in [6, 6.07) is 13.5. The number of halogens is 2. The van der Waals surface area contributed by atoms with Crippen LogP contribution in [0.15, 0.2) is 64.6 Å². The molecule has 0 spiro atoms. The molecule has 9 heteroatoms. The number of esters is 1. The van der Waals surface area contributed by atoms with E-state index in [1.807, 2.05) is 0 Å². The first kappa shape index (κ1) is 20.4. The van der Waals surface area contributed by atoms with Crippen LogP contribution in [0, 0.1) is 5.82 Å². The lowest BCUT2D eigenvalue weighted by Gasteiger charge is -2.14. The van der Waals surface area contributed by atoms with Gasteiger partial charge in [0.05, 0.1) is 23.4 Å². The van der Waals surface area contributed by atoms with Gasteiger partial charge in [-0.2, -0.15) is 0 Å². The Morgan fingerprint density at radius 3 is 2.55 bits per heavy atom. The molecule has 0 atom stereocenters. The highest BCUT2D eigenvalue weighted by Crippen LogP contribution is 2.28. The lowest BCUT2D eigenvalue weighted by atomic mass is 10.1. The summed E-state index contributed by atoms with van der Waals surface area (Å²) in [5.74, 6) is -1.59. The van der Waals surface area contributed by atoms with Crippen molar-refractivity contribution in [2.24, 2.45) is 0 Å². The molecule has 0 aliphatic carbocycles. The number of anilines is 1. The lowest BCUT2D eigenvalue weighted by molar-refractivity contribution is -0.117. The van der Waals surface area contributed by atoms with E-state index in [9.17, 15) is 18.8 Å². The summed E-state index contributed by atoms with van der Waals surface area (Å²) >= 11 is 5.76. The molecule has 2 heterocycles. The minimum atomic E-state index is -0.637. The molecule has 1 N–H and O–H groups in total. The highest BCUT2D eigenvalue weighted by Gasteiger charge is 2.35. The maximum absolute atomic E-state index is 13.4. The Bertz CT molecular complexity index is 1230. The molecule has 1 aromatic heterocycles. The molecule has 31 heavy (non-hydrogen) atoms. The number of carbonyl (C=O) groups is 3. The van der Waals surface area contributed by atoms with Crippen molar-refractivity contribution in [3.63, 3.8) is 0 Å². The summed E-state index contributed by atoms with van der Waals surface area (Å²) in [6.07, 6.45) is 1.31. The third-order valence-corrected chi connectivity index (χ3v) is 4.85. The molecule has 1 fully saturated rings. The molecule has 4 rings (SSSR count). The van der Waals surface area contributed by atoms with Crippen molar-refractivity contribution < 1.29 is 27.9 Å². The molecule has 156 valence electrons. The molecule has 3 aromatic rings. The van der Waals surface area contributed by atoms with Crippen LogP contribution in [0.5, 0.6) is 0 Å². The number of nitrogens with zero attached hydrogens (tertiary/aromatic N) is 1. The normalized spacial score (nSPS) is 14.8. The first-order valence-corrected chi connectivity index (χ1v) is 9.36. The van der Waals surface area contributed by atoms with E-state index in [-0.39, 0.29) is 22.0 Å². The average molecular weight is 441 g/mol. The van der Waals surface area contributed by atoms with Crippen LogP contribution < -0.4 is 10.4 Å². The first-order valence-electron chi connectivity index (χ1n) is 8.98. The smallest absolute Gasteiger partial charge is 0.337 e. The Hall–Kier alpha value is -3.91. The summed E-state index contributed by atoms with van der Waals surface area (Å²) in [6.45, 7) is 0. The summed E-state index contributed by atoms with van der Waals surface area (Å²) in [5.41, 5.74) is 3.57. The SMILES string of the molecule is COC(=O)c1ccc(-c2ccc(/C=C3\C(=O)NN(c4ccc(F)c(Cl)c4)C3=O)o2)cc1. The molecule has 0 bridgehead atoms. The van der Waals surface area contributed by atoms with E-state index < -0.39 is 23.6 Å². The minimum absolute atomic E-state index is 0.151. The van der Waals surface area contributed by atoms with Crippen LogP contribution >= 0.6 is 11.6 Å². The van der Waals surface area contributed by atoms with Gasteiger partial charge in [-0.3, -0.25) is 15.0 Å². The van der Waals surface area contributed by atoms with E-state index in [4.69, 9.17) is 16.0 Å². The second-order valence-corrected chi connectivity index (χ2v) is 6.92. The lowest BCUT2D eigenvalue weighted by Crippen LogP contribution is -2.35. The largest absolute Gasteiger partial charge is 0.465 e. The number of benzene rings is 2. The van der Waals surface area contributed by atoms with Gasteiger partial charge >= 0.3 is 5.97 Å². The monoisotopic (exact) mass is 440 g/mol. The van der Waals surface area contributed by atoms with Crippen LogP contribution in [-0.4, -0.2) is 24.9 Å². The number of rotatable bonds is 4. The second kappa shape index (κ2) is 8.08. The molecule has 0 saturated carbocycles. The van der Waals surface area contributed by atoms with Gasteiger partial charge in [0, 0.05) is 5.56 Å². The van der Waals surface area contributed by atoms with Crippen molar-refractivity contribution in [2.45, 2.75) is 0 Å². The molecule has 2 aromatic carbocycles. The molecule has 1 aliphatic heterocycles. The third kappa shape index (κ3) is 3.93. The predicted octanol–water partition coefficient (Wildman–Crippen LogP) is 3.99. The number of carbonyl (C=O) groups excluding carboxylic acids is 3. The molecule has 7 nitrogen and oxygen atoms in total. The molecular formula is C22H14ClFN2O5. The number of amides is 2. The van der Waals surface area contributed by atoms with Crippen molar-refractivity contribution in [1.82, 2.24) is 5.43 Å². The summed E-state index contributed by atoms with van der Waals surface area (Å²) < 4.78 is 23.8. The van der Waals surface area contributed by atoms with Gasteiger partial charge in [-0.05, 0) is 48.5 Å². The van der Waals surface area contributed by atoms with E-state index in [0.717, 1.165) is 11.1 Å². The van der Waals surface area contributed by atoms with Gasteiger partial charge in [0.15, 0.2) is 0 Å². The van der Waals surface area contributed by atoms with Gasteiger partial charge in [0.25, 0.3) is 11.8 Å². The zero-order valence-electron chi connectivity index (χ0n) is 16.0. The molecule has 0 radical (unpaired) electrons. The van der Waals surface area contributed by atoms with Gasteiger partial charge in [0.1, 0.15) is 22.9 Å². The Kier molecular flexibility index (Phi) is 5.31. The summed E-state index contributed by atoms with van der Waals surface area (Å²) in [4.78, 5) is 36.5. The Labute approximate surface area is 180 Å². The van der Waals surface area contributed by atoms with Crippen LogP contribution in [0.25, 0.3) is 17.4 Å². The van der Waals surface area contributed by atoms with E-state index in [1.54, 1.807) is 36.4 Å². The number of hydrogen-bond acceptors (Lipinski definition) is 5. The fourth-order valence-corrected chi connectivity index (χ4v) is 3.15. The van der Waals surface area contributed by atoms with Crippen molar-refractivity contribution in [2.75, 3.05) is 12.1 Å². The van der Waals surface area contributed by atoms with Gasteiger partial charge in [-0.25, -0.2) is 14.2 Å². The van der Waals surface area contributed by atoms with Crippen molar-refractivity contribution in [3.05, 3.63) is 82.3 Å². The average Bonchev–Trinajstić information content (AvgIpc) is 3.35. The second-order valence-electron chi connectivity index (χ2n) is 6.51. The molecule has 1 aliphatic rings. The third-order valence-electron chi connectivity index (χ3n) is 4.56. The van der Waals surface area contributed by atoms with E-state index in [1.165, 1.54) is 25.3 Å². The Balaban J connectivity index is 1.57. The Morgan fingerprint density at radius 1 is 1.13 bits per heavy atom. The van der Waals surface area contributed by atoms with Gasteiger partial charge < -0.3 is 9.15 Å². The van der Waals surface area contributed by atoms with Gasteiger partial charge in [-0.1, -0.05) is 23.7 Å². The molecular weight excluding hydrogens is 427 g/mol. The summed E-state index contributed by atoms with van der Waals surface area (Å²) in [5, 5.41) is 0.806. The minimum Gasteiger partial charge on any atom is -0.465 e. The highest BCUT2D eigenvalue weighted by atomic mass is 35.5. The number of nitrogens with one attached hydrogen (secondary N) is 1. The van der Waals surface area contributed by atoms with Gasteiger partial charge in [-0.15, -0.1) is 0 Å². The number of ether oxygens (including phenoxy) is 1. The molecule has 2 amide bonds. The van der Waals surface area contributed by atoms with Crippen molar-refractivity contribution in [3.8, 4) is 11.3 Å². The van der Waals surface area contributed by atoms with Crippen LogP contribution in [0.2, 0.25) is 5.02 Å². The Morgan fingerprint density at radius 2 is 1.87 bits per heavy atom.